The third-order valence-electron chi connectivity index (χ3n) is 3.31. The SMILES string of the molecule is Cc1csc(CC(=O)CCC2CCNCC2)n1. The van der Waals surface area contributed by atoms with Crippen molar-refractivity contribution in [2.24, 2.45) is 5.92 Å². The molecule has 1 aromatic rings. The van der Waals surface area contributed by atoms with E-state index in [9.17, 15) is 4.79 Å². The predicted molar refractivity (Wildman–Crippen MR) is 70.4 cm³/mol. The Kier molecular flexibility index (Phi) is 4.68. The van der Waals surface area contributed by atoms with Gasteiger partial charge < -0.3 is 5.32 Å². The first-order chi connectivity index (χ1) is 8.24. The number of ketones is 1. The average Bonchev–Trinajstić information content (AvgIpc) is 2.73. The van der Waals surface area contributed by atoms with Crippen LogP contribution in [0.1, 0.15) is 36.4 Å². The molecular weight excluding hydrogens is 232 g/mol. The number of rotatable bonds is 5. The second-order valence-electron chi connectivity index (χ2n) is 4.83. The third-order valence-corrected chi connectivity index (χ3v) is 4.27. The fraction of sp³-hybridized carbons (Fsp3) is 0.692. The molecule has 0 aromatic carbocycles. The maximum atomic E-state index is 11.8. The summed E-state index contributed by atoms with van der Waals surface area (Å²) in [6.07, 6.45) is 4.77. The maximum Gasteiger partial charge on any atom is 0.139 e. The zero-order valence-corrected chi connectivity index (χ0v) is 11.2. The Morgan fingerprint density at radius 2 is 2.29 bits per heavy atom. The summed E-state index contributed by atoms with van der Waals surface area (Å²) in [6, 6.07) is 0. The van der Waals surface area contributed by atoms with E-state index in [1.807, 2.05) is 12.3 Å². The van der Waals surface area contributed by atoms with Crippen molar-refractivity contribution in [3.8, 4) is 0 Å². The normalized spacial score (nSPS) is 17.2. The van der Waals surface area contributed by atoms with Crippen molar-refractivity contribution in [2.75, 3.05) is 13.1 Å². The largest absolute Gasteiger partial charge is 0.317 e. The van der Waals surface area contributed by atoms with E-state index in [-0.39, 0.29) is 0 Å². The van der Waals surface area contributed by atoms with Crippen LogP contribution in [0.2, 0.25) is 0 Å². The van der Waals surface area contributed by atoms with Crippen molar-refractivity contribution in [1.29, 1.82) is 0 Å². The molecule has 0 aliphatic carbocycles. The molecule has 0 bridgehead atoms. The molecule has 1 N–H and O–H groups in total. The minimum Gasteiger partial charge on any atom is -0.317 e. The van der Waals surface area contributed by atoms with Gasteiger partial charge in [0.05, 0.1) is 6.42 Å². The van der Waals surface area contributed by atoms with Crippen LogP contribution in [0.4, 0.5) is 0 Å². The minimum atomic E-state index is 0.345. The van der Waals surface area contributed by atoms with Gasteiger partial charge in [0.2, 0.25) is 0 Å². The number of piperidine rings is 1. The van der Waals surface area contributed by atoms with Crippen LogP contribution in [0.25, 0.3) is 0 Å². The van der Waals surface area contributed by atoms with Crippen molar-refractivity contribution in [3.05, 3.63) is 16.1 Å². The average molecular weight is 252 g/mol. The quantitative estimate of drug-likeness (QED) is 0.874. The molecule has 94 valence electrons. The molecule has 1 aromatic heterocycles. The fourth-order valence-corrected chi connectivity index (χ4v) is 3.08. The molecule has 0 radical (unpaired) electrons. The molecule has 1 saturated heterocycles. The standard InChI is InChI=1S/C13H20N2OS/c1-10-9-17-13(15-10)8-12(16)3-2-11-4-6-14-7-5-11/h9,11,14H,2-8H2,1H3. The number of hydrogen-bond acceptors (Lipinski definition) is 4. The lowest BCUT2D eigenvalue weighted by Gasteiger charge is -2.21. The smallest absolute Gasteiger partial charge is 0.139 e. The van der Waals surface area contributed by atoms with Gasteiger partial charge in [0.25, 0.3) is 0 Å². The summed E-state index contributed by atoms with van der Waals surface area (Å²) < 4.78 is 0. The first-order valence-corrected chi connectivity index (χ1v) is 7.25. The number of carbonyl (C=O) groups excluding carboxylic acids is 1. The van der Waals surface area contributed by atoms with Gasteiger partial charge in [0.1, 0.15) is 10.8 Å². The molecule has 17 heavy (non-hydrogen) atoms. The van der Waals surface area contributed by atoms with Crippen LogP contribution >= 0.6 is 11.3 Å². The molecule has 0 unspecified atom stereocenters. The second-order valence-corrected chi connectivity index (χ2v) is 5.77. The Balaban J connectivity index is 1.70. The summed E-state index contributed by atoms with van der Waals surface area (Å²) in [7, 11) is 0. The van der Waals surface area contributed by atoms with E-state index in [0.717, 1.165) is 42.6 Å². The predicted octanol–water partition coefficient (Wildman–Crippen LogP) is 2.34. The number of aromatic nitrogens is 1. The molecule has 0 amide bonds. The van der Waals surface area contributed by atoms with E-state index in [1.54, 1.807) is 11.3 Å². The monoisotopic (exact) mass is 252 g/mol. The van der Waals surface area contributed by atoms with Gasteiger partial charge in [-0.2, -0.15) is 0 Å². The summed E-state index contributed by atoms with van der Waals surface area (Å²) in [4.78, 5) is 16.1. The summed E-state index contributed by atoms with van der Waals surface area (Å²) in [5.74, 6) is 1.09. The third kappa shape index (κ3) is 4.21. The lowest BCUT2D eigenvalue weighted by atomic mass is 9.92. The Bertz CT molecular complexity index is 369. The first-order valence-electron chi connectivity index (χ1n) is 6.37. The molecule has 1 aliphatic heterocycles. The summed E-state index contributed by atoms with van der Waals surface area (Å²) in [5.41, 5.74) is 1.02. The maximum absolute atomic E-state index is 11.8. The number of thiazole rings is 1. The number of nitrogens with one attached hydrogen (secondary N) is 1. The number of nitrogens with zero attached hydrogens (tertiary/aromatic N) is 1. The van der Waals surface area contributed by atoms with Crippen molar-refractivity contribution in [1.82, 2.24) is 10.3 Å². The lowest BCUT2D eigenvalue weighted by Crippen LogP contribution is -2.28. The number of Topliss-reactive ketones (excluding diaryl/α,β-unsaturated/α-hetero) is 1. The summed E-state index contributed by atoms with van der Waals surface area (Å²) in [6.45, 7) is 4.20. The van der Waals surface area contributed by atoms with E-state index in [0.29, 0.717) is 12.2 Å². The Morgan fingerprint density at radius 1 is 1.53 bits per heavy atom. The Labute approximate surface area is 107 Å². The highest BCUT2D eigenvalue weighted by Gasteiger charge is 2.15. The molecule has 2 rings (SSSR count). The molecule has 3 nitrogen and oxygen atoms in total. The van der Waals surface area contributed by atoms with Gasteiger partial charge in [0.15, 0.2) is 0 Å². The minimum absolute atomic E-state index is 0.345. The van der Waals surface area contributed by atoms with Crippen molar-refractivity contribution < 1.29 is 4.79 Å². The zero-order chi connectivity index (χ0) is 12.1. The van der Waals surface area contributed by atoms with Gasteiger partial charge in [0, 0.05) is 17.5 Å². The highest BCUT2D eigenvalue weighted by molar-refractivity contribution is 7.09. The number of aryl methyl sites for hydroxylation is 1. The van der Waals surface area contributed by atoms with E-state index in [2.05, 4.69) is 10.3 Å². The molecule has 4 heteroatoms. The summed E-state index contributed by atoms with van der Waals surface area (Å²) >= 11 is 1.60. The van der Waals surface area contributed by atoms with E-state index in [1.165, 1.54) is 12.8 Å². The number of hydrogen-bond donors (Lipinski definition) is 1. The van der Waals surface area contributed by atoms with Gasteiger partial charge in [-0.05, 0) is 45.2 Å². The van der Waals surface area contributed by atoms with Crippen LogP contribution < -0.4 is 5.32 Å². The second kappa shape index (κ2) is 6.26. The van der Waals surface area contributed by atoms with Crippen LogP contribution in [-0.2, 0) is 11.2 Å². The van der Waals surface area contributed by atoms with Crippen LogP contribution in [0.5, 0.6) is 0 Å². The van der Waals surface area contributed by atoms with Crippen molar-refractivity contribution in [2.45, 2.75) is 39.0 Å². The van der Waals surface area contributed by atoms with Crippen molar-refractivity contribution >= 4 is 17.1 Å². The lowest BCUT2D eigenvalue weighted by molar-refractivity contribution is -0.118. The van der Waals surface area contributed by atoms with Crippen LogP contribution in [0.3, 0.4) is 0 Å². The van der Waals surface area contributed by atoms with E-state index >= 15 is 0 Å². The Morgan fingerprint density at radius 3 is 2.94 bits per heavy atom. The zero-order valence-electron chi connectivity index (χ0n) is 10.4. The van der Waals surface area contributed by atoms with Crippen LogP contribution in [0.15, 0.2) is 5.38 Å². The number of carbonyl (C=O) groups is 1. The fourth-order valence-electron chi connectivity index (χ4n) is 2.28. The Hall–Kier alpha value is -0.740. The van der Waals surface area contributed by atoms with Gasteiger partial charge >= 0.3 is 0 Å². The first kappa shape index (κ1) is 12.7. The van der Waals surface area contributed by atoms with Gasteiger partial charge in [-0.3, -0.25) is 4.79 Å². The van der Waals surface area contributed by atoms with E-state index < -0.39 is 0 Å². The molecule has 0 spiro atoms. The van der Waals surface area contributed by atoms with Gasteiger partial charge in [-0.15, -0.1) is 11.3 Å². The molecule has 1 aliphatic rings. The molecule has 0 atom stereocenters. The highest BCUT2D eigenvalue weighted by Crippen LogP contribution is 2.19. The summed E-state index contributed by atoms with van der Waals surface area (Å²) in [5, 5.41) is 6.33. The highest BCUT2D eigenvalue weighted by atomic mass is 32.1. The van der Waals surface area contributed by atoms with E-state index in [4.69, 9.17) is 0 Å². The van der Waals surface area contributed by atoms with Gasteiger partial charge in [-0.25, -0.2) is 4.98 Å². The van der Waals surface area contributed by atoms with Gasteiger partial charge in [-0.1, -0.05) is 0 Å². The van der Waals surface area contributed by atoms with Crippen LogP contribution in [0, 0.1) is 12.8 Å². The molecule has 1 fully saturated rings. The van der Waals surface area contributed by atoms with Crippen LogP contribution in [-0.4, -0.2) is 23.9 Å². The van der Waals surface area contributed by atoms with Crippen molar-refractivity contribution in [3.63, 3.8) is 0 Å². The molecule has 0 saturated carbocycles. The molecular formula is C13H20N2OS. The topological polar surface area (TPSA) is 42.0 Å². The molecule has 2 heterocycles.